The molecule has 24 heavy (non-hydrogen) atoms. The smallest absolute Gasteiger partial charge is 0.345 e. The van der Waals surface area contributed by atoms with Crippen LogP contribution in [0.3, 0.4) is 0 Å². The number of benzene rings is 1. The van der Waals surface area contributed by atoms with E-state index < -0.39 is 11.9 Å². The Morgan fingerprint density at radius 3 is 2.17 bits per heavy atom. The predicted octanol–water partition coefficient (Wildman–Crippen LogP) is 3.36. The van der Waals surface area contributed by atoms with Crippen LogP contribution in [0.4, 0.5) is 5.69 Å². The van der Waals surface area contributed by atoms with Crippen LogP contribution in [0.15, 0.2) is 42.0 Å². The minimum atomic E-state index is -0.742. The summed E-state index contributed by atoms with van der Waals surface area (Å²) < 4.78 is 10.3. The number of hydrogen-bond donors (Lipinski definition) is 1. The van der Waals surface area contributed by atoms with Crippen LogP contribution in [-0.4, -0.2) is 25.2 Å². The molecule has 0 fully saturated rings. The Labute approximate surface area is 143 Å². The molecule has 2 N–H and O–H groups in total. The van der Waals surface area contributed by atoms with Crippen molar-refractivity contribution in [1.29, 1.82) is 0 Å². The van der Waals surface area contributed by atoms with E-state index in [1.54, 1.807) is 31.2 Å². The van der Waals surface area contributed by atoms with Gasteiger partial charge in [0.1, 0.15) is 12.2 Å². The van der Waals surface area contributed by atoms with Gasteiger partial charge in [0.2, 0.25) is 0 Å². The highest BCUT2D eigenvalue weighted by molar-refractivity contribution is 6.17. The monoisotopic (exact) mass is 331 g/mol. The first-order chi connectivity index (χ1) is 11.1. The molecule has 0 amide bonds. The standard InChI is InChI=1S/C19H25NO4/c1-13(2)11-23-17(21)16(18(22)24-12-19(3,4)5)10-14-6-8-15(20)9-7-14/h6-10H,1,11-12,20H2,2-5H3/b16-10+. The fourth-order valence-electron chi connectivity index (χ4n) is 1.59. The number of rotatable bonds is 6. The van der Waals surface area contributed by atoms with E-state index in [0.717, 1.165) is 0 Å². The second-order valence-corrected chi connectivity index (χ2v) is 6.89. The minimum absolute atomic E-state index is 0.0461. The number of anilines is 1. The van der Waals surface area contributed by atoms with Crippen molar-refractivity contribution in [1.82, 2.24) is 0 Å². The zero-order chi connectivity index (χ0) is 18.3. The molecular weight excluding hydrogens is 306 g/mol. The van der Waals surface area contributed by atoms with Gasteiger partial charge in [-0.15, -0.1) is 0 Å². The van der Waals surface area contributed by atoms with Gasteiger partial charge in [-0.05, 0) is 41.7 Å². The van der Waals surface area contributed by atoms with Gasteiger partial charge in [-0.1, -0.05) is 39.5 Å². The third-order valence-corrected chi connectivity index (χ3v) is 2.77. The van der Waals surface area contributed by atoms with Crippen molar-refractivity contribution in [2.75, 3.05) is 18.9 Å². The molecule has 5 heteroatoms. The number of esters is 2. The molecule has 1 aromatic carbocycles. The maximum atomic E-state index is 12.3. The minimum Gasteiger partial charge on any atom is -0.461 e. The summed E-state index contributed by atoms with van der Waals surface area (Å²) in [5.74, 6) is -1.46. The van der Waals surface area contributed by atoms with Gasteiger partial charge in [-0.25, -0.2) is 9.59 Å². The lowest BCUT2D eigenvalue weighted by Gasteiger charge is -2.18. The SMILES string of the molecule is C=C(C)COC(=O)/C(=C\c1ccc(N)cc1)C(=O)OCC(C)(C)C. The van der Waals surface area contributed by atoms with E-state index >= 15 is 0 Å². The van der Waals surface area contributed by atoms with E-state index in [-0.39, 0.29) is 24.2 Å². The molecule has 0 saturated heterocycles. The molecular formula is C19H25NO4. The predicted molar refractivity (Wildman–Crippen MR) is 95.0 cm³/mol. The van der Waals surface area contributed by atoms with Crippen LogP contribution < -0.4 is 5.73 Å². The molecule has 1 rings (SSSR count). The molecule has 0 aliphatic rings. The van der Waals surface area contributed by atoms with Crippen LogP contribution in [-0.2, 0) is 19.1 Å². The van der Waals surface area contributed by atoms with Crippen molar-refractivity contribution in [2.24, 2.45) is 5.41 Å². The largest absolute Gasteiger partial charge is 0.461 e. The highest BCUT2D eigenvalue weighted by Gasteiger charge is 2.23. The van der Waals surface area contributed by atoms with Gasteiger partial charge in [-0.3, -0.25) is 0 Å². The average Bonchev–Trinajstić information content (AvgIpc) is 2.49. The number of hydrogen-bond acceptors (Lipinski definition) is 5. The van der Waals surface area contributed by atoms with E-state index in [2.05, 4.69) is 6.58 Å². The summed E-state index contributed by atoms with van der Waals surface area (Å²) in [6.45, 7) is 11.4. The van der Waals surface area contributed by atoms with Crippen molar-refractivity contribution < 1.29 is 19.1 Å². The number of carbonyl (C=O) groups is 2. The van der Waals surface area contributed by atoms with Crippen LogP contribution in [0, 0.1) is 5.41 Å². The molecule has 130 valence electrons. The molecule has 0 bridgehead atoms. The van der Waals surface area contributed by atoms with Crippen molar-refractivity contribution in [3.8, 4) is 0 Å². The van der Waals surface area contributed by atoms with Gasteiger partial charge in [0.05, 0.1) is 6.61 Å². The Kier molecular flexibility index (Phi) is 6.77. The molecule has 0 aliphatic heterocycles. The van der Waals surface area contributed by atoms with Gasteiger partial charge < -0.3 is 15.2 Å². The summed E-state index contributed by atoms with van der Waals surface area (Å²) in [5.41, 5.74) is 7.20. The zero-order valence-electron chi connectivity index (χ0n) is 14.7. The first kappa shape index (κ1) is 19.5. The van der Waals surface area contributed by atoms with E-state index in [4.69, 9.17) is 15.2 Å². The second-order valence-electron chi connectivity index (χ2n) is 6.89. The normalized spacial score (nSPS) is 11.8. The Hall–Kier alpha value is -2.56. The first-order valence-electron chi connectivity index (χ1n) is 7.64. The lowest BCUT2D eigenvalue weighted by atomic mass is 9.99. The maximum absolute atomic E-state index is 12.3. The lowest BCUT2D eigenvalue weighted by molar-refractivity contribution is -0.148. The Balaban J connectivity index is 3.01. The zero-order valence-corrected chi connectivity index (χ0v) is 14.7. The molecule has 0 atom stereocenters. The molecule has 0 aliphatic carbocycles. The number of carbonyl (C=O) groups excluding carboxylic acids is 2. The summed E-state index contributed by atoms with van der Waals surface area (Å²) in [7, 11) is 0. The van der Waals surface area contributed by atoms with Crippen molar-refractivity contribution in [3.05, 3.63) is 47.6 Å². The van der Waals surface area contributed by atoms with E-state index in [1.807, 2.05) is 20.8 Å². The van der Waals surface area contributed by atoms with E-state index in [0.29, 0.717) is 16.8 Å². The second kappa shape index (κ2) is 8.34. The van der Waals surface area contributed by atoms with Crippen molar-refractivity contribution >= 4 is 23.7 Å². The first-order valence-corrected chi connectivity index (χ1v) is 7.64. The summed E-state index contributed by atoms with van der Waals surface area (Å²) >= 11 is 0. The Morgan fingerprint density at radius 1 is 1.12 bits per heavy atom. The summed E-state index contributed by atoms with van der Waals surface area (Å²) in [6.07, 6.45) is 1.44. The summed E-state index contributed by atoms with van der Waals surface area (Å²) in [6, 6.07) is 6.78. The fraction of sp³-hybridized carbons (Fsp3) is 0.368. The van der Waals surface area contributed by atoms with E-state index in [1.165, 1.54) is 6.08 Å². The summed E-state index contributed by atoms with van der Waals surface area (Å²) in [5, 5.41) is 0. The molecule has 0 spiro atoms. The average molecular weight is 331 g/mol. The molecule has 0 aromatic heterocycles. The molecule has 0 radical (unpaired) electrons. The van der Waals surface area contributed by atoms with Gasteiger partial charge in [0.25, 0.3) is 0 Å². The third kappa shape index (κ3) is 7.13. The number of ether oxygens (including phenoxy) is 2. The lowest BCUT2D eigenvalue weighted by Crippen LogP contribution is -2.23. The van der Waals surface area contributed by atoms with Crippen LogP contribution in [0.2, 0.25) is 0 Å². The topological polar surface area (TPSA) is 78.6 Å². The highest BCUT2D eigenvalue weighted by atomic mass is 16.6. The maximum Gasteiger partial charge on any atom is 0.345 e. The van der Waals surface area contributed by atoms with Crippen molar-refractivity contribution in [2.45, 2.75) is 27.7 Å². The highest BCUT2D eigenvalue weighted by Crippen LogP contribution is 2.17. The van der Waals surface area contributed by atoms with Gasteiger partial charge >= 0.3 is 11.9 Å². The number of nitrogen functional groups attached to an aromatic ring is 1. The molecule has 0 unspecified atom stereocenters. The Bertz CT molecular complexity index is 636. The molecule has 0 saturated carbocycles. The quantitative estimate of drug-likeness (QED) is 0.216. The molecule has 5 nitrogen and oxygen atoms in total. The molecule has 0 heterocycles. The van der Waals surface area contributed by atoms with Crippen molar-refractivity contribution in [3.63, 3.8) is 0 Å². The van der Waals surface area contributed by atoms with Crippen LogP contribution in [0.5, 0.6) is 0 Å². The van der Waals surface area contributed by atoms with Crippen LogP contribution in [0.1, 0.15) is 33.3 Å². The van der Waals surface area contributed by atoms with Crippen LogP contribution >= 0.6 is 0 Å². The third-order valence-electron chi connectivity index (χ3n) is 2.77. The van der Waals surface area contributed by atoms with Crippen LogP contribution in [0.25, 0.3) is 6.08 Å². The fourth-order valence-corrected chi connectivity index (χ4v) is 1.59. The summed E-state index contributed by atoms with van der Waals surface area (Å²) in [4.78, 5) is 24.5. The van der Waals surface area contributed by atoms with Gasteiger partial charge in [0, 0.05) is 5.69 Å². The van der Waals surface area contributed by atoms with Gasteiger partial charge in [0.15, 0.2) is 0 Å². The Morgan fingerprint density at radius 2 is 1.67 bits per heavy atom. The number of nitrogens with two attached hydrogens (primary N) is 1. The van der Waals surface area contributed by atoms with Gasteiger partial charge in [-0.2, -0.15) is 0 Å². The molecule has 1 aromatic rings. The van der Waals surface area contributed by atoms with E-state index in [9.17, 15) is 9.59 Å².